The van der Waals surface area contributed by atoms with Gasteiger partial charge in [0.25, 0.3) is 0 Å². The molecule has 0 unspecified atom stereocenters. The van der Waals surface area contributed by atoms with Crippen molar-refractivity contribution in [2.45, 2.75) is 19.9 Å². The van der Waals surface area contributed by atoms with Gasteiger partial charge in [-0.25, -0.2) is 0 Å². The Hall–Kier alpha value is -1.34. The first-order valence-corrected chi connectivity index (χ1v) is 5.40. The number of hydrogen-bond donors (Lipinski definition) is 1. The van der Waals surface area contributed by atoms with E-state index in [4.69, 9.17) is 0 Å². The maximum atomic E-state index is 3.32. The molecule has 0 aliphatic heterocycles. The summed E-state index contributed by atoms with van der Waals surface area (Å²) >= 11 is 0. The second-order valence-corrected chi connectivity index (χ2v) is 3.76. The van der Waals surface area contributed by atoms with Crippen LogP contribution in [0.2, 0.25) is 0 Å². The summed E-state index contributed by atoms with van der Waals surface area (Å²) < 4.78 is 0. The van der Waals surface area contributed by atoms with Gasteiger partial charge in [0.05, 0.1) is 0 Å². The molecule has 1 aromatic carbocycles. The third-order valence-electron chi connectivity index (χ3n) is 1.98. The summed E-state index contributed by atoms with van der Waals surface area (Å²) in [5.74, 6) is 0. The van der Waals surface area contributed by atoms with Crippen LogP contribution in [0.15, 0.2) is 48.6 Å². The van der Waals surface area contributed by atoms with Gasteiger partial charge in [0.2, 0.25) is 0 Å². The maximum Gasteiger partial charge on any atom is 0.0140 e. The standard InChI is InChI=1S/C14H19N/c1-13(2)15-12-8-4-7-11-14-9-5-3-6-10-14/h3-11,13,15H,12H2,1-2H3. The van der Waals surface area contributed by atoms with Crippen LogP contribution in [-0.4, -0.2) is 12.6 Å². The predicted octanol–water partition coefficient (Wildman–Crippen LogP) is 3.25. The monoisotopic (exact) mass is 201 g/mol. The van der Waals surface area contributed by atoms with Crippen LogP contribution in [0.3, 0.4) is 0 Å². The van der Waals surface area contributed by atoms with Crippen LogP contribution in [0.25, 0.3) is 6.08 Å². The highest BCUT2D eigenvalue weighted by molar-refractivity contribution is 5.50. The van der Waals surface area contributed by atoms with E-state index in [0.717, 1.165) is 6.54 Å². The highest BCUT2D eigenvalue weighted by atomic mass is 14.9. The van der Waals surface area contributed by atoms with Crippen molar-refractivity contribution in [2.24, 2.45) is 0 Å². The zero-order chi connectivity index (χ0) is 10.9. The Bertz CT molecular complexity index is 309. The summed E-state index contributed by atoms with van der Waals surface area (Å²) in [6.45, 7) is 5.22. The van der Waals surface area contributed by atoms with Crippen molar-refractivity contribution < 1.29 is 0 Å². The second kappa shape index (κ2) is 7.02. The van der Waals surface area contributed by atoms with Gasteiger partial charge in [-0.15, -0.1) is 0 Å². The van der Waals surface area contributed by atoms with Gasteiger partial charge >= 0.3 is 0 Å². The van der Waals surface area contributed by atoms with Gasteiger partial charge in [-0.1, -0.05) is 68.5 Å². The molecule has 0 bridgehead atoms. The summed E-state index contributed by atoms with van der Waals surface area (Å²) in [5.41, 5.74) is 1.24. The van der Waals surface area contributed by atoms with E-state index in [1.54, 1.807) is 0 Å². The van der Waals surface area contributed by atoms with Crippen LogP contribution in [0.1, 0.15) is 19.4 Å². The van der Waals surface area contributed by atoms with Crippen LogP contribution in [-0.2, 0) is 0 Å². The number of rotatable bonds is 5. The molecule has 1 aromatic rings. The zero-order valence-corrected chi connectivity index (χ0v) is 9.48. The summed E-state index contributed by atoms with van der Waals surface area (Å²) in [6.07, 6.45) is 8.37. The van der Waals surface area contributed by atoms with E-state index in [1.807, 2.05) is 18.2 Å². The first kappa shape index (κ1) is 11.7. The summed E-state index contributed by atoms with van der Waals surface area (Å²) in [5, 5.41) is 3.32. The Morgan fingerprint density at radius 1 is 1.13 bits per heavy atom. The van der Waals surface area contributed by atoms with Crippen LogP contribution in [0, 0.1) is 0 Å². The molecule has 15 heavy (non-hydrogen) atoms. The van der Waals surface area contributed by atoms with E-state index in [9.17, 15) is 0 Å². The van der Waals surface area contributed by atoms with Gasteiger partial charge < -0.3 is 5.32 Å². The Labute approximate surface area is 92.5 Å². The highest BCUT2D eigenvalue weighted by Crippen LogP contribution is 2.00. The number of allylic oxidation sites excluding steroid dienone is 2. The smallest absolute Gasteiger partial charge is 0.0140 e. The average Bonchev–Trinajstić information content (AvgIpc) is 2.24. The van der Waals surface area contributed by atoms with E-state index in [1.165, 1.54) is 5.56 Å². The summed E-state index contributed by atoms with van der Waals surface area (Å²) in [6, 6.07) is 10.9. The van der Waals surface area contributed by atoms with Crippen LogP contribution >= 0.6 is 0 Å². The molecule has 0 atom stereocenters. The van der Waals surface area contributed by atoms with Crippen molar-refractivity contribution in [3.8, 4) is 0 Å². The van der Waals surface area contributed by atoms with E-state index < -0.39 is 0 Å². The molecule has 1 rings (SSSR count). The Morgan fingerprint density at radius 3 is 2.53 bits per heavy atom. The number of hydrogen-bond acceptors (Lipinski definition) is 1. The lowest BCUT2D eigenvalue weighted by atomic mass is 10.2. The third kappa shape index (κ3) is 5.87. The summed E-state index contributed by atoms with van der Waals surface area (Å²) in [4.78, 5) is 0. The van der Waals surface area contributed by atoms with Gasteiger partial charge in [0.15, 0.2) is 0 Å². The van der Waals surface area contributed by atoms with Crippen molar-refractivity contribution in [1.29, 1.82) is 0 Å². The Balaban J connectivity index is 2.28. The summed E-state index contributed by atoms with van der Waals surface area (Å²) in [7, 11) is 0. The van der Waals surface area contributed by atoms with Crippen LogP contribution in [0.4, 0.5) is 0 Å². The molecular weight excluding hydrogens is 182 g/mol. The van der Waals surface area contributed by atoms with E-state index in [-0.39, 0.29) is 0 Å². The molecule has 1 nitrogen and oxygen atoms in total. The van der Waals surface area contributed by atoms with E-state index >= 15 is 0 Å². The first-order valence-electron chi connectivity index (χ1n) is 5.40. The van der Waals surface area contributed by atoms with Crippen LogP contribution < -0.4 is 5.32 Å². The lowest BCUT2D eigenvalue weighted by Crippen LogP contribution is -2.22. The fraction of sp³-hybridized carbons (Fsp3) is 0.286. The van der Waals surface area contributed by atoms with Crippen molar-refractivity contribution in [1.82, 2.24) is 5.32 Å². The number of benzene rings is 1. The lowest BCUT2D eigenvalue weighted by Gasteiger charge is -2.02. The highest BCUT2D eigenvalue weighted by Gasteiger charge is 1.85. The molecular formula is C14H19N. The van der Waals surface area contributed by atoms with Gasteiger partial charge in [-0.05, 0) is 5.56 Å². The van der Waals surface area contributed by atoms with Gasteiger partial charge in [0.1, 0.15) is 0 Å². The normalized spacial score (nSPS) is 11.9. The van der Waals surface area contributed by atoms with E-state index in [0.29, 0.717) is 6.04 Å². The minimum Gasteiger partial charge on any atom is -0.311 e. The largest absolute Gasteiger partial charge is 0.311 e. The van der Waals surface area contributed by atoms with E-state index in [2.05, 4.69) is 55.6 Å². The average molecular weight is 201 g/mol. The minimum absolute atomic E-state index is 0.549. The molecule has 0 fully saturated rings. The topological polar surface area (TPSA) is 12.0 Å². The van der Waals surface area contributed by atoms with Gasteiger partial charge in [-0.3, -0.25) is 0 Å². The molecule has 0 aliphatic carbocycles. The lowest BCUT2D eigenvalue weighted by molar-refractivity contribution is 0.632. The minimum atomic E-state index is 0.549. The molecule has 0 saturated heterocycles. The SMILES string of the molecule is CC(C)NCC=CC=Cc1ccccc1. The van der Waals surface area contributed by atoms with Gasteiger partial charge in [-0.2, -0.15) is 0 Å². The Morgan fingerprint density at radius 2 is 1.87 bits per heavy atom. The fourth-order valence-electron chi connectivity index (χ4n) is 1.18. The van der Waals surface area contributed by atoms with Crippen molar-refractivity contribution in [2.75, 3.05) is 6.54 Å². The van der Waals surface area contributed by atoms with Crippen molar-refractivity contribution in [3.63, 3.8) is 0 Å². The zero-order valence-electron chi connectivity index (χ0n) is 9.48. The van der Waals surface area contributed by atoms with Crippen LogP contribution in [0.5, 0.6) is 0 Å². The number of nitrogens with one attached hydrogen (secondary N) is 1. The molecule has 0 amide bonds. The third-order valence-corrected chi connectivity index (χ3v) is 1.98. The molecule has 1 N–H and O–H groups in total. The molecule has 1 heteroatoms. The van der Waals surface area contributed by atoms with Crippen molar-refractivity contribution >= 4 is 6.08 Å². The quantitative estimate of drug-likeness (QED) is 0.721. The van der Waals surface area contributed by atoms with Gasteiger partial charge in [0, 0.05) is 12.6 Å². The second-order valence-electron chi connectivity index (χ2n) is 3.76. The Kier molecular flexibility index (Phi) is 5.49. The fourth-order valence-corrected chi connectivity index (χ4v) is 1.18. The predicted molar refractivity (Wildman–Crippen MR) is 67.8 cm³/mol. The first-order chi connectivity index (χ1) is 7.29. The molecule has 0 heterocycles. The maximum absolute atomic E-state index is 3.32. The molecule has 0 saturated carbocycles. The van der Waals surface area contributed by atoms with Crippen molar-refractivity contribution in [3.05, 3.63) is 54.1 Å². The molecule has 0 spiro atoms. The molecule has 0 aromatic heterocycles. The molecule has 80 valence electrons. The molecule has 0 aliphatic rings. The molecule has 0 radical (unpaired) electrons.